The lowest BCUT2D eigenvalue weighted by Crippen LogP contribution is -2.39. The molecular weight excluding hydrogens is 176 g/mol. The normalized spacial score (nSPS) is 12.6. The molecule has 0 saturated carbocycles. The van der Waals surface area contributed by atoms with Gasteiger partial charge in [-0.25, -0.2) is 0 Å². The van der Waals surface area contributed by atoms with Crippen molar-refractivity contribution in [3.63, 3.8) is 0 Å². The second kappa shape index (κ2) is 7.80. The zero-order chi connectivity index (χ0) is 11.0. The van der Waals surface area contributed by atoms with Gasteiger partial charge in [-0.2, -0.15) is 0 Å². The van der Waals surface area contributed by atoms with E-state index in [2.05, 4.69) is 13.8 Å². The van der Waals surface area contributed by atoms with Crippen molar-refractivity contribution < 1.29 is 4.79 Å². The first-order valence-corrected chi connectivity index (χ1v) is 5.69. The molecule has 0 fully saturated rings. The molecule has 3 nitrogen and oxygen atoms in total. The van der Waals surface area contributed by atoms with Crippen LogP contribution in [0.5, 0.6) is 0 Å². The van der Waals surface area contributed by atoms with Crippen molar-refractivity contribution in [1.29, 1.82) is 0 Å². The number of carbonyl (C=O) groups is 1. The van der Waals surface area contributed by atoms with Gasteiger partial charge in [0.15, 0.2) is 0 Å². The molecule has 1 unspecified atom stereocenters. The van der Waals surface area contributed by atoms with Crippen LogP contribution in [-0.4, -0.2) is 30.4 Å². The Morgan fingerprint density at radius 3 is 2.00 bits per heavy atom. The Hall–Kier alpha value is -0.570. The zero-order valence-corrected chi connectivity index (χ0v) is 9.75. The predicted molar refractivity (Wildman–Crippen MR) is 60.0 cm³/mol. The molecule has 0 spiro atoms. The van der Waals surface area contributed by atoms with Gasteiger partial charge in [0.25, 0.3) is 0 Å². The molecule has 3 heteroatoms. The Kier molecular flexibility index (Phi) is 7.48. The van der Waals surface area contributed by atoms with Crippen molar-refractivity contribution in [2.75, 3.05) is 19.6 Å². The van der Waals surface area contributed by atoms with Crippen molar-refractivity contribution in [1.82, 2.24) is 4.90 Å². The van der Waals surface area contributed by atoms with Crippen molar-refractivity contribution in [2.24, 2.45) is 11.7 Å². The van der Waals surface area contributed by atoms with Gasteiger partial charge in [-0.3, -0.25) is 4.79 Å². The van der Waals surface area contributed by atoms with E-state index in [1.807, 2.05) is 11.8 Å². The third kappa shape index (κ3) is 4.09. The topological polar surface area (TPSA) is 46.3 Å². The lowest BCUT2D eigenvalue weighted by Gasteiger charge is -2.25. The minimum absolute atomic E-state index is 0.0214. The third-order valence-corrected chi connectivity index (χ3v) is 2.43. The molecule has 14 heavy (non-hydrogen) atoms. The number of carbonyl (C=O) groups excluding carboxylic acids is 1. The maximum atomic E-state index is 11.9. The SMILES string of the molecule is CCCN(CCC)C(=O)C(CC)CN. The average molecular weight is 200 g/mol. The maximum absolute atomic E-state index is 11.9. The van der Waals surface area contributed by atoms with Crippen LogP contribution in [0.25, 0.3) is 0 Å². The molecule has 0 aliphatic rings. The van der Waals surface area contributed by atoms with Gasteiger partial charge in [-0.15, -0.1) is 0 Å². The Labute approximate surface area is 87.6 Å². The molecule has 84 valence electrons. The number of nitrogens with zero attached hydrogens (tertiary/aromatic N) is 1. The molecule has 0 saturated heterocycles. The molecule has 0 aromatic rings. The van der Waals surface area contributed by atoms with Gasteiger partial charge in [0.2, 0.25) is 5.91 Å². The Morgan fingerprint density at radius 1 is 1.21 bits per heavy atom. The van der Waals surface area contributed by atoms with Gasteiger partial charge in [-0.05, 0) is 19.3 Å². The van der Waals surface area contributed by atoms with Gasteiger partial charge in [0, 0.05) is 19.6 Å². The molecule has 0 rings (SSSR count). The van der Waals surface area contributed by atoms with Gasteiger partial charge in [0.05, 0.1) is 5.92 Å². The molecule has 0 radical (unpaired) electrons. The highest BCUT2D eigenvalue weighted by Crippen LogP contribution is 2.07. The van der Waals surface area contributed by atoms with Crippen LogP contribution in [0.1, 0.15) is 40.0 Å². The molecular formula is C11H24N2O. The van der Waals surface area contributed by atoms with E-state index < -0.39 is 0 Å². The summed E-state index contributed by atoms with van der Waals surface area (Å²) in [6, 6.07) is 0. The van der Waals surface area contributed by atoms with Gasteiger partial charge in [0.1, 0.15) is 0 Å². The van der Waals surface area contributed by atoms with E-state index in [4.69, 9.17) is 5.73 Å². The molecule has 0 aliphatic heterocycles. The number of nitrogens with two attached hydrogens (primary N) is 1. The number of hydrogen-bond donors (Lipinski definition) is 1. The largest absolute Gasteiger partial charge is 0.342 e. The minimum Gasteiger partial charge on any atom is -0.342 e. The van der Waals surface area contributed by atoms with Crippen LogP contribution in [0.2, 0.25) is 0 Å². The van der Waals surface area contributed by atoms with Crippen LogP contribution < -0.4 is 5.73 Å². The molecule has 1 amide bonds. The van der Waals surface area contributed by atoms with E-state index in [-0.39, 0.29) is 11.8 Å². The van der Waals surface area contributed by atoms with Gasteiger partial charge >= 0.3 is 0 Å². The maximum Gasteiger partial charge on any atom is 0.226 e. The van der Waals surface area contributed by atoms with Crippen molar-refractivity contribution in [3.8, 4) is 0 Å². The molecule has 0 aromatic heterocycles. The highest BCUT2D eigenvalue weighted by atomic mass is 16.2. The van der Waals surface area contributed by atoms with Crippen molar-refractivity contribution >= 4 is 5.91 Å². The Balaban J connectivity index is 4.24. The monoisotopic (exact) mass is 200 g/mol. The first-order valence-electron chi connectivity index (χ1n) is 5.69. The van der Waals surface area contributed by atoms with E-state index in [1.54, 1.807) is 0 Å². The van der Waals surface area contributed by atoms with Crippen LogP contribution in [-0.2, 0) is 4.79 Å². The first kappa shape index (κ1) is 13.4. The number of amides is 1. The standard InChI is InChI=1S/C11H24N2O/c1-4-7-13(8-5-2)11(14)10(6-3)9-12/h10H,4-9,12H2,1-3H3. The summed E-state index contributed by atoms with van der Waals surface area (Å²) in [5.41, 5.74) is 5.57. The predicted octanol–water partition coefficient (Wildman–Crippen LogP) is 1.62. The van der Waals surface area contributed by atoms with Crippen LogP contribution >= 0.6 is 0 Å². The number of hydrogen-bond acceptors (Lipinski definition) is 2. The average Bonchev–Trinajstić information content (AvgIpc) is 2.19. The molecule has 0 bridgehead atoms. The fourth-order valence-electron chi connectivity index (χ4n) is 1.57. The summed E-state index contributed by atoms with van der Waals surface area (Å²) in [4.78, 5) is 13.9. The van der Waals surface area contributed by atoms with E-state index in [0.717, 1.165) is 32.4 Å². The second-order valence-electron chi connectivity index (χ2n) is 3.67. The summed E-state index contributed by atoms with van der Waals surface area (Å²) in [6.07, 6.45) is 2.89. The molecule has 2 N–H and O–H groups in total. The Bertz CT molecular complexity index is 149. The van der Waals surface area contributed by atoms with E-state index in [9.17, 15) is 4.79 Å². The van der Waals surface area contributed by atoms with Crippen molar-refractivity contribution in [3.05, 3.63) is 0 Å². The second-order valence-corrected chi connectivity index (χ2v) is 3.67. The summed E-state index contributed by atoms with van der Waals surface area (Å²) in [7, 11) is 0. The Morgan fingerprint density at radius 2 is 1.71 bits per heavy atom. The summed E-state index contributed by atoms with van der Waals surface area (Å²) in [6.45, 7) is 8.41. The van der Waals surface area contributed by atoms with E-state index in [1.165, 1.54) is 0 Å². The molecule has 0 aromatic carbocycles. The lowest BCUT2D eigenvalue weighted by atomic mass is 10.1. The minimum atomic E-state index is 0.0214. The highest BCUT2D eigenvalue weighted by molar-refractivity contribution is 5.79. The fraction of sp³-hybridized carbons (Fsp3) is 0.909. The molecule has 0 heterocycles. The van der Waals surface area contributed by atoms with Crippen molar-refractivity contribution in [2.45, 2.75) is 40.0 Å². The van der Waals surface area contributed by atoms with Gasteiger partial charge < -0.3 is 10.6 Å². The van der Waals surface area contributed by atoms with Crippen LogP contribution in [0.4, 0.5) is 0 Å². The van der Waals surface area contributed by atoms with Crippen LogP contribution in [0, 0.1) is 5.92 Å². The van der Waals surface area contributed by atoms with E-state index >= 15 is 0 Å². The number of rotatable bonds is 7. The first-order chi connectivity index (χ1) is 6.71. The summed E-state index contributed by atoms with van der Waals surface area (Å²) >= 11 is 0. The van der Waals surface area contributed by atoms with Gasteiger partial charge in [-0.1, -0.05) is 20.8 Å². The van der Waals surface area contributed by atoms with E-state index in [0.29, 0.717) is 6.54 Å². The third-order valence-electron chi connectivity index (χ3n) is 2.43. The zero-order valence-electron chi connectivity index (χ0n) is 9.75. The smallest absolute Gasteiger partial charge is 0.226 e. The van der Waals surface area contributed by atoms with Crippen LogP contribution in [0.3, 0.4) is 0 Å². The molecule has 0 aliphatic carbocycles. The summed E-state index contributed by atoms with van der Waals surface area (Å²) < 4.78 is 0. The lowest BCUT2D eigenvalue weighted by molar-refractivity contribution is -0.135. The van der Waals surface area contributed by atoms with Crippen LogP contribution in [0.15, 0.2) is 0 Å². The fourth-order valence-corrected chi connectivity index (χ4v) is 1.57. The highest BCUT2D eigenvalue weighted by Gasteiger charge is 2.20. The summed E-state index contributed by atoms with van der Waals surface area (Å²) in [5.74, 6) is 0.256. The molecule has 1 atom stereocenters. The quantitative estimate of drug-likeness (QED) is 0.679. The summed E-state index contributed by atoms with van der Waals surface area (Å²) in [5, 5.41) is 0.